The predicted molar refractivity (Wildman–Crippen MR) is 65.9 cm³/mol. The number of benzene rings is 1. The Morgan fingerprint density at radius 1 is 1.27 bits per heavy atom. The van der Waals surface area contributed by atoms with Crippen molar-refractivity contribution in [3.63, 3.8) is 0 Å². The van der Waals surface area contributed by atoms with Crippen LogP contribution in [0.1, 0.15) is 19.4 Å². The zero-order chi connectivity index (χ0) is 10.7. The summed E-state index contributed by atoms with van der Waals surface area (Å²) in [4.78, 5) is 7.05. The van der Waals surface area contributed by atoms with E-state index < -0.39 is 0 Å². The Kier molecular flexibility index (Phi) is 3.45. The molecular weight excluding hydrogens is 251 g/mol. The van der Waals surface area contributed by atoms with Crippen molar-refractivity contribution >= 4 is 24.2 Å². The van der Waals surface area contributed by atoms with E-state index in [9.17, 15) is 0 Å². The first-order chi connectivity index (χ1) is 7.35. The molecule has 0 N–H and O–H groups in total. The molecular formula is C12H16N2Se. The Hall–Kier alpha value is -0.791. The summed E-state index contributed by atoms with van der Waals surface area (Å²) in [6.45, 7) is 7.40. The van der Waals surface area contributed by atoms with Crippen LogP contribution in [0.3, 0.4) is 0 Å². The molecule has 2 rings (SSSR count). The summed E-state index contributed by atoms with van der Waals surface area (Å²) in [5.74, 6) is 0. The van der Waals surface area contributed by atoms with Crippen LogP contribution in [0.2, 0.25) is 0 Å². The third-order valence-corrected chi connectivity index (χ3v) is 5.09. The van der Waals surface area contributed by atoms with Gasteiger partial charge in [0.1, 0.15) is 0 Å². The molecule has 1 aromatic rings. The fourth-order valence-corrected chi connectivity index (χ4v) is 4.03. The molecule has 3 heteroatoms. The van der Waals surface area contributed by atoms with Crippen LogP contribution in [-0.2, 0) is 6.54 Å². The first-order valence-corrected chi connectivity index (χ1v) is 7.11. The molecule has 1 aliphatic rings. The zero-order valence-electron chi connectivity index (χ0n) is 9.23. The zero-order valence-corrected chi connectivity index (χ0v) is 10.9. The molecule has 1 aliphatic heterocycles. The molecule has 0 radical (unpaired) electrons. The maximum atomic E-state index is 4.68. The minimum atomic E-state index is 0.404. The van der Waals surface area contributed by atoms with Gasteiger partial charge in [-0.1, -0.05) is 0 Å². The first kappa shape index (κ1) is 10.7. The van der Waals surface area contributed by atoms with Crippen molar-refractivity contribution in [1.29, 1.82) is 0 Å². The Bertz CT molecular complexity index is 370. The normalized spacial score (nSPS) is 14.4. The average molecular weight is 267 g/mol. The van der Waals surface area contributed by atoms with E-state index >= 15 is 0 Å². The molecule has 2 nitrogen and oxygen atoms in total. The Labute approximate surface area is 97.6 Å². The van der Waals surface area contributed by atoms with Gasteiger partial charge in [-0.15, -0.1) is 0 Å². The Morgan fingerprint density at radius 2 is 2.00 bits per heavy atom. The van der Waals surface area contributed by atoms with Crippen molar-refractivity contribution in [2.75, 3.05) is 13.1 Å². The SMILES string of the molecule is CCN(CC)C1=NCc2ccccc2[Se]1. The van der Waals surface area contributed by atoms with Crippen molar-refractivity contribution in [1.82, 2.24) is 4.90 Å². The standard InChI is InChI=1S/C12H16N2Se/c1-3-14(4-2)12-13-9-10-7-5-6-8-11(10)15-12/h5-8H,3-4,9H2,1-2H3. The molecule has 80 valence electrons. The van der Waals surface area contributed by atoms with Crippen molar-refractivity contribution in [2.45, 2.75) is 20.4 Å². The first-order valence-electron chi connectivity index (χ1n) is 5.40. The van der Waals surface area contributed by atoms with Crippen molar-refractivity contribution in [2.24, 2.45) is 4.99 Å². The molecule has 0 spiro atoms. The van der Waals surface area contributed by atoms with Crippen molar-refractivity contribution < 1.29 is 0 Å². The van der Waals surface area contributed by atoms with E-state index in [0.717, 1.165) is 19.6 Å². The van der Waals surface area contributed by atoms with Gasteiger partial charge in [0.2, 0.25) is 0 Å². The van der Waals surface area contributed by atoms with Crippen LogP contribution in [0.15, 0.2) is 29.3 Å². The van der Waals surface area contributed by atoms with E-state index in [1.54, 1.807) is 0 Å². The van der Waals surface area contributed by atoms with Crippen LogP contribution in [0, 0.1) is 0 Å². The topological polar surface area (TPSA) is 15.6 Å². The van der Waals surface area contributed by atoms with E-state index in [1.165, 1.54) is 14.8 Å². The summed E-state index contributed by atoms with van der Waals surface area (Å²) in [5, 5.41) is 0. The molecule has 0 saturated heterocycles. The number of rotatable bonds is 2. The monoisotopic (exact) mass is 268 g/mol. The van der Waals surface area contributed by atoms with Gasteiger partial charge < -0.3 is 0 Å². The minimum absolute atomic E-state index is 0.404. The molecule has 0 atom stereocenters. The fourth-order valence-electron chi connectivity index (χ4n) is 1.68. The molecule has 0 unspecified atom stereocenters. The van der Waals surface area contributed by atoms with E-state index in [-0.39, 0.29) is 0 Å². The van der Waals surface area contributed by atoms with Crippen LogP contribution in [-0.4, -0.2) is 37.7 Å². The van der Waals surface area contributed by atoms with Gasteiger partial charge >= 0.3 is 97.4 Å². The third kappa shape index (κ3) is 2.24. The van der Waals surface area contributed by atoms with Gasteiger partial charge in [0.05, 0.1) is 0 Å². The quantitative estimate of drug-likeness (QED) is 0.736. The van der Waals surface area contributed by atoms with Gasteiger partial charge in [0, 0.05) is 0 Å². The number of hydrogen-bond acceptors (Lipinski definition) is 2. The summed E-state index contributed by atoms with van der Waals surface area (Å²) in [6, 6.07) is 8.67. The summed E-state index contributed by atoms with van der Waals surface area (Å²) in [6.07, 6.45) is 0. The summed E-state index contributed by atoms with van der Waals surface area (Å²) >= 11 is 0.404. The van der Waals surface area contributed by atoms with Crippen LogP contribution < -0.4 is 4.46 Å². The molecule has 0 fully saturated rings. The molecule has 0 bridgehead atoms. The second kappa shape index (κ2) is 4.82. The van der Waals surface area contributed by atoms with Crippen LogP contribution in [0.25, 0.3) is 0 Å². The second-order valence-electron chi connectivity index (χ2n) is 3.48. The molecule has 0 aliphatic carbocycles. The van der Waals surface area contributed by atoms with E-state index in [0.29, 0.717) is 15.0 Å². The van der Waals surface area contributed by atoms with Crippen LogP contribution in [0.4, 0.5) is 0 Å². The summed E-state index contributed by atoms with van der Waals surface area (Å²) in [5.41, 5.74) is 1.41. The Morgan fingerprint density at radius 3 is 2.73 bits per heavy atom. The summed E-state index contributed by atoms with van der Waals surface area (Å²) < 4.78 is 2.81. The van der Waals surface area contributed by atoms with Gasteiger partial charge in [-0.3, -0.25) is 0 Å². The molecule has 15 heavy (non-hydrogen) atoms. The van der Waals surface area contributed by atoms with Crippen LogP contribution >= 0.6 is 0 Å². The van der Waals surface area contributed by atoms with E-state index in [4.69, 9.17) is 0 Å². The Balaban J connectivity index is 2.18. The number of amidine groups is 1. The van der Waals surface area contributed by atoms with E-state index in [2.05, 4.69) is 48.0 Å². The number of fused-ring (bicyclic) bond motifs is 1. The van der Waals surface area contributed by atoms with Gasteiger partial charge in [-0.2, -0.15) is 0 Å². The van der Waals surface area contributed by atoms with Crippen LogP contribution in [0.5, 0.6) is 0 Å². The fraction of sp³-hybridized carbons (Fsp3) is 0.417. The molecule has 0 amide bonds. The van der Waals surface area contributed by atoms with Gasteiger partial charge in [0.25, 0.3) is 0 Å². The van der Waals surface area contributed by atoms with Gasteiger partial charge in [-0.25, -0.2) is 0 Å². The third-order valence-electron chi connectivity index (χ3n) is 2.59. The van der Waals surface area contributed by atoms with Crippen molar-refractivity contribution in [3.05, 3.63) is 29.8 Å². The molecule has 1 aromatic carbocycles. The van der Waals surface area contributed by atoms with Gasteiger partial charge in [0.15, 0.2) is 0 Å². The molecule has 0 saturated carbocycles. The second-order valence-corrected chi connectivity index (χ2v) is 5.60. The maximum absolute atomic E-state index is 4.68. The predicted octanol–water partition coefficient (Wildman–Crippen LogP) is 1.23. The van der Waals surface area contributed by atoms with Gasteiger partial charge in [-0.05, 0) is 0 Å². The van der Waals surface area contributed by atoms with Crippen molar-refractivity contribution in [3.8, 4) is 0 Å². The number of nitrogens with zero attached hydrogens (tertiary/aromatic N) is 2. The number of hydrogen-bond donors (Lipinski definition) is 0. The average Bonchev–Trinajstić information content (AvgIpc) is 2.30. The summed E-state index contributed by atoms with van der Waals surface area (Å²) in [7, 11) is 0. The number of aliphatic imine (C=N–C) groups is 1. The van der Waals surface area contributed by atoms with E-state index in [1.807, 2.05) is 0 Å². The molecule has 0 aromatic heterocycles. The molecule has 1 heterocycles.